The lowest BCUT2D eigenvalue weighted by atomic mass is 10.2. The first-order valence-corrected chi connectivity index (χ1v) is 9.48. The van der Waals surface area contributed by atoms with Crippen molar-refractivity contribution in [3.05, 3.63) is 71.7 Å². The molecule has 1 N–H and O–H groups in total. The Morgan fingerprint density at radius 3 is 2.86 bits per heavy atom. The van der Waals surface area contributed by atoms with Gasteiger partial charge in [-0.2, -0.15) is 4.98 Å². The number of halogens is 1. The summed E-state index contributed by atoms with van der Waals surface area (Å²) in [6, 6.07) is 14.1. The van der Waals surface area contributed by atoms with Gasteiger partial charge in [0.25, 0.3) is 5.19 Å². The molecule has 0 radical (unpaired) electrons. The van der Waals surface area contributed by atoms with Crippen molar-refractivity contribution >= 4 is 28.1 Å². The number of aromatic nitrogens is 3. The summed E-state index contributed by atoms with van der Waals surface area (Å²) < 4.78 is 19.1. The molecule has 0 aliphatic heterocycles. The van der Waals surface area contributed by atoms with Crippen molar-refractivity contribution < 1.29 is 9.13 Å². The van der Waals surface area contributed by atoms with Crippen molar-refractivity contribution in [1.29, 1.82) is 0 Å². The molecule has 2 aromatic carbocycles. The maximum Gasteiger partial charge on any atom is 0.280 e. The SMILES string of the molecule is Fc1ccccc1Oc1nc(C#CCCNc2ncnc3ccccc23)cs1. The van der Waals surface area contributed by atoms with E-state index in [0.29, 0.717) is 23.9 Å². The molecule has 0 aliphatic carbocycles. The van der Waals surface area contributed by atoms with E-state index in [9.17, 15) is 4.39 Å². The van der Waals surface area contributed by atoms with Crippen molar-refractivity contribution in [1.82, 2.24) is 15.0 Å². The summed E-state index contributed by atoms with van der Waals surface area (Å²) in [4.78, 5) is 12.8. The minimum atomic E-state index is -0.423. The minimum absolute atomic E-state index is 0.151. The Kier molecular flexibility index (Phi) is 5.41. The van der Waals surface area contributed by atoms with Gasteiger partial charge in [0, 0.05) is 23.7 Å². The van der Waals surface area contributed by atoms with Crippen LogP contribution in [0, 0.1) is 17.7 Å². The average Bonchev–Trinajstić information content (AvgIpc) is 3.17. The normalized spacial score (nSPS) is 10.3. The van der Waals surface area contributed by atoms with Gasteiger partial charge >= 0.3 is 0 Å². The number of para-hydroxylation sites is 2. The predicted molar refractivity (Wildman–Crippen MR) is 108 cm³/mol. The first kappa shape index (κ1) is 17.9. The van der Waals surface area contributed by atoms with Crippen LogP contribution in [0.15, 0.2) is 60.2 Å². The zero-order valence-electron chi connectivity index (χ0n) is 14.7. The molecule has 0 unspecified atom stereocenters. The molecule has 138 valence electrons. The average molecular weight is 390 g/mol. The van der Waals surface area contributed by atoms with Gasteiger partial charge in [-0.25, -0.2) is 14.4 Å². The number of ether oxygens (including phenoxy) is 1. The molecule has 0 fully saturated rings. The number of nitrogens with zero attached hydrogens (tertiary/aromatic N) is 3. The standard InChI is InChI=1S/C21H15FN4OS/c22-17-9-2-4-11-19(17)27-21-26-15(13-28-21)7-5-6-12-23-20-16-8-1-3-10-18(16)24-14-25-20/h1-4,8-11,13-14H,6,12H2,(H,23,24,25). The number of rotatable bonds is 5. The first-order chi connectivity index (χ1) is 13.8. The minimum Gasteiger partial charge on any atom is -0.428 e. The van der Waals surface area contributed by atoms with Gasteiger partial charge in [0.05, 0.1) is 5.52 Å². The summed E-state index contributed by atoms with van der Waals surface area (Å²) in [5.74, 6) is 6.58. The van der Waals surface area contributed by atoms with Crippen LogP contribution >= 0.6 is 11.3 Å². The highest BCUT2D eigenvalue weighted by Crippen LogP contribution is 2.26. The Morgan fingerprint density at radius 2 is 1.93 bits per heavy atom. The van der Waals surface area contributed by atoms with Crippen LogP contribution in [0.25, 0.3) is 10.9 Å². The number of benzene rings is 2. The van der Waals surface area contributed by atoms with Crippen molar-refractivity contribution in [3.8, 4) is 22.8 Å². The Balaban J connectivity index is 1.33. The molecule has 4 rings (SSSR count). The van der Waals surface area contributed by atoms with Gasteiger partial charge in [-0.05, 0) is 30.2 Å². The largest absolute Gasteiger partial charge is 0.428 e. The van der Waals surface area contributed by atoms with E-state index in [4.69, 9.17) is 4.74 Å². The smallest absolute Gasteiger partial charge is 0.280 e. The van der Waals surface area contributed by atoms with Crippen LogP contribution in [0.3, 0.4) is 0 Å². The molecule has 2 heterocycles. The fourth-order valence-corrected chi connectivity index (χ4v) is 3.14. The second-order valence-corrected chi connectivity index (χ2v) is 6.57. The van der Waals surface area contributed by atoms with Gasteiger partial charge in [0.15, 0.2) is 11.6 Å². The van der Waals surface area contributed by atoms with Gasteiger partial charge in [0.2, 0.25) is 0 Å². The van der Waals surface area contributed by atoms with E-state index in [1.165, 1.54) is 17.4 Å². The summed E-state index contributed by atoms with van der Waals surface area (Å²) in [5.41, 5.74) is 1.50. The van der Waals surface area contributed by atoms with Crippen LogP contribution in [0.4, 0.5) is 10.2 Å². The number of nitrogens with one attached hydrogen (secondary N) is 1. The molecule has 0 bridgehead atoms. The van der Waals surface area contributed by atoms with Crippen molar-refractivity contribution in [2.75, 3.05) is 11.9 Å². The highest BCUT2D eigenvalue weighted by atomic mass is 32.1. The quantitative estimate of drug-likeness (QED) is 0.389. The molecule has 2 aromatic heterocycles. The zero-order valence-corrected chi connectivity index (χ0v) is 15.5. The van der Waals surface area contributed by atoms with Crippen LogP contribution in [0.1, 0.15) is 12.1 Å². The van der Waals surface area contributed by atoms with Gasteiger partial charge < -0.3 is 10.1 Å². The van der Waals surface area contributed by atoms with Gasteiger partial charge in [-0.15, -0.1) is 0 Å². The molecule has 4 aromatic rings. The first-order valence-electron chi connectivity index (χ1n) is 8.60. The van der Waals surface area contributed by atoms with Crippen LogP contribution in [-0.2, 0) is 0 Å². The third-order valence-electron chi connectivity index (χ3n) is 3.82. The van der Waals surface area contributed by atoms with E-state index < -0.39 is 5.82 Å². The van der Waals surface area contributed by atoms with Gasteiger partial charge in [-0.1, -0.05) is 41.5 Å². The summed E-state index contributed by atoms with van der Waals surface area (Å²) >= 11 is 1.28. The number of anilines is 1. The number of thiazole rings is 1. The molecule has 7 heteroatoms. The predicted octanol–water partition coefficient (Wildman–Crippen LogP) is 4.87. The fourth-order valence-electron chi connectivity index (χ4n) is 2.53. The van der Waals surface area contributed by atoms with Crippen LogP contribution in [0.5, 0.6) is 10.9 Å². The Morgan fingerprint density at radius 1 is 1.07 bits per heavy atom. The lowest BCUT2D eigenvalue weighted by Gasteiger charge is -2.05. The van der Waals surface area contributed by atoms with Crippen molar-refractivity contribution in [3.63, 3.8) is 0 Å². The van der Waals surface area contributed by atoms with E-state index in [1.807, 2.05) is 24.3 Å². The summed E-state index contributed by atoms with van der Waals surface area (Å²) in [7, 11) is 0. The maximum atomic E-state index is 13.6. The van der Waals surface area contributed by atoms with E-state index in [0.717, 1.165) is 16.7 Å². The second-order valence-electron chi connectivity index (χ2n) is 5.75. The molecule has 0 saturated carbocycles. The zero-order chi connectivity index (χ0) is 19.2. The number of fused-ring (bicyclic) bond motifs is 1. The molecule has 28 heavy (non-hydrogen) atoms. The van der Waals surface area contributed by atoms with Gasteiger partial charge in [-0.3, -0.25) is 0 Å². The topological polar surface area (TPSA) is 59.9 Å². The molecule has 0 saturated heterocycles. The Hall–Kier alpha value is -3.50. The fraction of sp³-hybridized carbons (Fsp3) is 0.0952. The third kappa shape index (κ3) is 4.24. The molecule has 0 atom stereocenters. The Bertz CT molecular complexity index is 1160. The number of hydrogen-bond donors (Lipinski definition) is 1. The highest BCUT2D eigenvalue weighted by molar-refractivity contribution is 7.11. The summed E-state index contributed by atoms with van der Waals surface area (Å²) in [6.07, 6.45) is 2.17. The molecule has 0 aliphatic rings. The van der Waals surface area contributed by atoms with Crippen LogP contribution < -0.4 is 10.1 Å². The maximum absolute atomic E-state index is 13.6. The monoisotopic (exact) mass is 390 g/mol. The number of hydrogen-bond acceptors (Lipinski definition) is 6. The Labute approximate surface area is 165 Å². The van der Waals surface area contributed by atoms with E-state index in [2.05, 4.69) is 32.1 Å². The van der Waals surface area contributed by atoms with Gasteiger partial charge in [0.1, 0.15) is 17.8 Å². The third-order valence-corrected chi connectivity index (χ3v) is 4.54. The van der Waals surface area contributed by atoms with E-state index >= 15 is 0 Å². The molecular formula is C21H15FN4OS. The lowest BCUT2D eigenvalue weighted by molar-refractivity contribution is 0.439. The van der Waals surface area contributed by atoms with Crippen LogP contribution in [0.2, 0.25) is 0 Å². The molecule has 0 spiro atoms. The summed E-state index contributed by atoms with van der Waals surface area (Å²) in [6.45, 7) is 0.650. The van der Waals surface area contributed by atoms with Crippen molar-refractivity contribution in [2.45, 2.75) is 6.42 Å². The second kappa shape index (κ2) is 8.46. The summed E-state index contributed by atoms with van der Waals surface area (Å²) in [5, 5.41) is 6.41. The van der Waals surface area contributed by atoms with Crippen LogP contribution in [-0.4, -0.2) is 21.5 Å². The lowest BCUT2D eigenvalue weighted by Crippen LogP contribution is -2.03. The molecule has 0 amide bonds. The van der Waals surface area contributed by atoms with E-state index in [1.54, 1.807) is 29.9 Å². The van der Waals surface area contributed by atoms with E-state index in [-0.39, 0.29) is 5.75 Å². The van der Waals surface area contributed by atoms with Crippen molar-refractivity contribution in [2.24, 2.45) is 0 Å². The highest BCUT2D eigenvalue weighted by Gasteiger charge is 2.06. The molecule has 5 nitrogen and oxygen atoms in total. The molecular weight excluding hydrogens is 375 g/mol.